The van der Waals surface area contributed by atoms with E-state index in [1.807, 2.05) is 20.8 Å². The van der Waals surface area contributed by atoms with Crippen molar-refractivity contribution in [3.8, 4) is 0 Å². The molecule has 4 unspecified atom stereocenters. The van der Waals surface area contributed by atoms with Gasteiger partial charge in [0.05, 0.1) is 30.6 Å². The number of hydrogen-bond acceptors (Lipinski definition) is 14. The Labute approximate surface area is 452 Å². The van der Waals surface area contributed by atoms with Crippen LogP contribution in [0.2, 0.25) is 0 Å². The van der Waals surface area contributed by atoms with E-state index in [1.165, 1.54) is 77.4 Å². The summed E-state index contributed by atoms with van der Waals surface area (Å²) < 4.78 is 15.8. The largest absolute Gasteiger partial charge is 0.391 e. The van der Waals surface area contributed by atoms with Gasteiger partial charge in [-0.3, -0.25) is 4.90 Å². The standard InChI is InChI=1S/C11H24N2.C11H23NO.C10H22N2O.C10H21NO.C9H19NO.C8H16N2O/c1-10(2)12-11(3)9-13-7-5-4-6-8-13;1-8(2)12-7-9-5-10(6-9)11(3,4)13;1-9(2)11-10(3)8-12-4-6-13-7-5-12;1-8(2)11-9(3)10-4-6-12-7-5-10;1-7(2)10-6-8-4-9(5-8)11-3;1-6(2)9-5-8-4-7(3)10-11-8/h10-12H,4-9H2,1-3H3;8-10,12-13H,5-7H2,1-4H3;9-11H,4-8H2,1-3H3;8-11H,4-7H2,1-3H3;7-10H,4-6H2,1-3H3;6,8-9H,4-5H2,1-3H3. The van der Waals surface area contributed by atoms with Crippen molar-refractivity contribution in [1.29, 1.82) is 0 Å². The van der Waals surface area contributed by atoms with Crippen molar-refractivity contribution in [1.82, 2.24) is 41.7 Å². The van der Waals surface area contributed by atoms with Crippen molar-refractivity contribution in [3.05, 3.63) is 0 Å². The Bertz CT molecular complexity index is 1270. The van der Waals surface area contributed by atoms with E-state index in [2.05, 4.69) is 151 Å². The van der Waals surface area contributed by atoms with Crippen LogP contribution in [0.25, 0.3) is 0 Å². The average molecular weight is 1040 g/mol. The molecule has 14 nitrogen and oxygen atoms in total. The number of hydrogen-bond donors (Lipinski definition) is 7. The number of morpholine rings is 1. The predicted molar refractivity (Wildman–Crippen MR) is 312 cm³/mol. The molecule has 0 aromatic rings. The minimum atomic E-state index is -0.464. The van der Waals surface area contributed by atoms with Crippen molar-refractivity contribution in [2.45, 2.75) is 261 Å². The van der Waals surface area contributed by atoms with Crippen LogP contribution in [0.5, 0.6) is 0 Å². The van der Waals surface area contributed by atoms with Crippen molar-refractivity contribution in [2.75, 3.05) is 92.4 Å². The zero-order chi connectivity index (χ0) is 54.9. The zero-order valence-corrected chi connectivity index (χ0v) is 51.3. The smallest absolute Gasteiger partial charge is 0.145 e. The molecule has 73 heavy (non-hydrogen) atoms. The molecule has 4 atom stereocenters. The van der Waals surface area contributed by atoms with Crippen LogP contribution < -0.4 is 31.9 Å². The third-order valence-electron chi connectivity index (χ3n) is 14.4. The molecule has 0 bridgehead atoms. The minimum Gasteiger partial charge on any atom is -0.391 e. The van der Waals surface area contributed by atoms with Gasteiger partial charge in [0.2, 0.25) is 0 Å². The van der Waals surface area contributed by atoms with Gasteiger partial charge in [0.25, 0.3) is 0 Å². The number of ether oxygens (including phenoxy) is 3. The molecule has 4 heterocycles. The van der Waals surface area contributed by atoms with Gasteiger partial charge < -0.3 is 61.0 Å². The molecular weight excluding hydrogens is 915 g/mol. The van der Waals surface area contributed by atoms with E-state index in [1.54, 1.807) is 7.11 Å². The summed E-state index contributed by atoms with van der Waals surface area (Å²) in [6, 6.07) is 5.39. The highest BCUT2D eigenvalue weighted by molar-refractivity contribution is 5.82. The number of methoxy groups -OCH3 is 1. The minimum absolute atomic E-state index is 0.261. The zero-order valence-electron chi connectivity index (χ0n) is 51.3. The van der Waals surface area contributed by atoms with Crippen molar-refractivity contribution in [2.24, 2.45) is 28.8 Å². The monoisotopic (exact) mass is 1040 g/mol. The SMILES string of the molecule is CC(C)NC(C)C1CCOCC1.CC(C)NC(C)CN1CCCCC1.CC(C)NC(C)CN1CCOCC1.CC(C)NCC1CC(C(C)(C)O)C1.CC1=NOC(CNC(C)C)C1.COC1CC(CNC(C)C)C1. The second kappa shape index (κ2) is 40.2. The van der Waals surface area contributed by atoms with E-state index in [9.17, 15) is 5.11 Å². The van der Waals surface area contributed by atoms with E-state index in [0.29, 0.717) is 66.4 Å². The molecule has 6 rings (SSSR count). The van der Waals surface area contributed by atoms with E-state index in [-0.39, 0.29) is 6.10 Å². The molecule has 436 valence electrons. The van der Waals surface area contributed by atoms with Crippen LogP contribution in [0.4, 0.5) is 0 Å². The van der Waals surface area contributed by atoms with Gasteiger partial charge in [0, 0.05) is 114 Å². The van der Waals surface area contributed by atoms with Crippen LogP contribution in [-0.2, 0) is 19.0 Å². The lowest BCUT2D eigenvalue weighted by Crippen LogP contribution is -2.46. The molecule has 14 heteroatoms. The summed E-state index contributed by atoms with van der Waals surface area (Å²) in [5.41, 5.74) is 0.634. The highest BCUT2D eigenvalue weighted by Gasteiger charge is 2.38. The van der Waals surface area contributed by atoms with Gasteiger partial charge in [0.1, 0.15) is 6.10 Å². The van der Waals surface area contributed by atoms with Crippen molar-refractivity contribution < 1.29 is 24.2 Å². The summed E-state index contributed by atoms with van der Waals surface area (Å²) in [6.07, 6.45) is 13.3. The third kappa shape index (κ3) is 37.4. The summed E-state index contributed by atoms with van der Waals surface area (Å²) in [7, 11) is 1.80. The Morgan fingerprint density at radius 3 is 1.44 bits per heavy atom. The molecule has 2 aliphatic carbocycles. The fourth-order valence-corrected chi connectivity index (χ4v) is 10.2. The maximum Gasteiger partial charge on any atom is 0.145 e. The van der Waals surface area contributed by atoms with Gasteiger partial charge in [-0.15, -0.1) is 0 Å². The van der Waals surface area contributed by atoms with Gasteiger partial charge in [-0.05, 0) is 143 Å². The van der Waals surface area contributed by atoms with Crippen LogP contribution in [0.15, 0.2) is 5.16 Å². The second-order valence-corrected chi connectivity index (χ2v) is 25.1. The molecule has 5 fully saturated rings. The Morgan fingerprint density at radius 1 is 0.589 bits per heavy atom. The lowest BCUT2D eigenvalue weighted by molar-refractivity contribution is -0.0426. The number of oxime groups is 1. The highest BCUT2D eigenvalue weighted by Crippen LogP contribution is 2.40. The Balaban J connectivity index is 0.000000439. The fourth-order valence-electron chi connectivity index (χ4n) is 10.2. The first-order valence-corrected chi connectivity index (χ1v) is 29.9. The lowest BCUT2D eigenvalue weighted by atomic mass is 9.67. The van der Waals surface area contributed by atoms with Crippen molar-refractivity contribution >= 4 is 5.71 Å². The number of nitrogens with one attached hydrogen (secondary N) is 6. The van der Waals surface area contributed by atoms with Gasteiger partial charge >= 0.3 is 0 Å². The topological polar surface area (TPSA) is 148 Å². The summed E-state index contributed by atoms with van der Waals surface area (Å²) in [6.45, 7) is 52.9. The van der Waals surface area contributed by atoms with Gasteiger partial charge in [-0.1, -0.05) is 94.7 Å². The number of aliphatic hydroxyl groups is 1. The first-order valence-electron chi connectivity index (χ1n) is 29.9. The number of likely N-dealkylation sites (tertiary alicyclic amines) is 1. The first kappa shape index (κ1) is 70.0. The molecule has 4 aliphatic heterocycles. The van der Waals surface area contributed by atoms with E-state index < -0.39 is 5.60 Å². The third-order valence-corrected chi connectivity index (χ3v) is 14.4. The molecule has 7 N–H and O–H groups in total. The maximum absolute atomic E-state index is 9.71. The van der Waals surface area contributed by atoms with Gasteiger partial charge in [-0.25, -0.2) is 0 Å². The van der Waals surface area contributed by atoms with Crippen LogP contribution in [-0.4, -0.2) is 185 Å². The molecule has 2 saturated carbocycles. The van der Waals surface area contributed by atoms with Crippen molar-refractivity contribution in [3.63, 3.8) is 0 Å². The fraction of sp³-hybridized carbons (Fsp3) is 0.983. The molecule has 0 aromatic carbocycles. The molecule has 0 aromatic heterocycles. The number of nitrogens with zero attached hydrogens (tertiary/aromatic N) is 3. The van der Waals surface area contributed by atoms with E-state index >= 15 is 0 Å². The van der Waals surface area contributed by atoms with E-state index in [4.69, 9.17) is 19.0 Å². The molecule has 0 spiro atoms. The normalized spacial score (nSPS) is 25.0. The Hall–Kier alpha value is -1.01. The average Bonchev–Trinajstić information content (AvgIpc) is 3.70. The summed E-state index contributed by atoms with van der Waals surface area (Å²) >= 11 is 0. The van der Waals surface area contributed by atoms with Crippen LogP contribution in [0.3, 0.4) is 0 Å². The molecule has 0 radical (unpaired) electrons. The first-order chi connectivity index (χ1) is 34.4. The second-order valence-electron chi connectivity index (χ2n) is 25.1. The molecule has 0 amide bonds. The van der Waals surface area contributed by atoms with Gasteiger partial charge in [-0.2, -0.15) is 0 Å². The highest BCUT2D eigenvalue weighted by atomic mass is 16.6. The molecule has 3 saturated heterocycles. The van der Waals surface area contributed by atoms with Crippen LogP contribution in [0, 0.1) is 23.7 Å². The Morgan fingerprint density at radius 2 is 1.03 bits per heavy atom. The maximum atomic E-state index is 9.71. The lowest BCUT2D eigenvalue weighted by Gasteiger charge is -2.43. The predicted octanol–water partition coefficient (Wildman–Crippen LogP) is 8.70. The summed E-state index contributed by atoms with van der Waals surface area (Å²) in [4.78, 5) is 10.2. The number of piperidine rings is 1. The quantitative estimate of drug-likeness (QED) is 0.0556. The van der Waals surface area contributed by atoms with Crippen LogP contribution >= 0.6 is 0 Å². The number of rotatable bonds is 22. The Kier molecular flexibility index (Phi) is 38.6. The summed E-state index contributed by atoms with van der Waals surface area (Å²) in [5, 5.41) is 34.4. The van der Waals surface area contributed by atoms with Gasteiger partial charge in [0.15, 0.2) is 0 Å². The summed E-state index contributed by atoms with van der Waals surface area (Å²) in [5.74, 6) is 2.99. The molecular formula is C59H125N9O5. The van der Waals surface area contributed by atoms with E-state index in [0.717, 1.165) is 95.6 Å². The molecule has 6 aliphatic rings. The van der Waals surface area contributed by atoms with Crippen LogP contribution in [0.1, 0.15) is 189 Å².